The van der Waals surface area contributed by atoms with Gasteiger partial charge in [-0.2, -0.15) is 0 Å². The predicted octanol–water partition coefficient (Wildman–Crippen LogP) is 5.34. The van der Waals surface area contributed by atoms with Crippen LogP contribution in [0.2, 0.25) is 5.02 Å². The van der Waals surface area contributed by atoms with Gasteiger partial charge >= 0.3 is 0 Å². The summed E-state index contributed by atoms with van der Waals surface area (Å²) in [7, 11) is 0. The molecule has 0 aliphatic rings. The van der Waals surface area contributed by atoms with Gasteiger partial charge in [-0.3, -0.25) is 10.1 Å². The number of benzene rings is 3. The second-order valence-corrected chi connectivity index (χ2v) is 7.37. The van der Waals surface area contributed by atoms with Gasteiger partial charge in [0.2, 0.25) is 0 Å². The van der Waals surface area contributed by atoms with E-state index in [9.17, 15) is 10.1 Å². The molecule has 0 saturated carbocycles. The molecule has 0 heterocycles. The predicted molar refractivity (Wildman–Crippen MR) is 120 cm³/mol. The summed E-state index contributed by atoms with van der Waals surface area (Å²) in [5.74, 6) is 0.802. The minimum Gasteiger partial charge on any atom is -0.489 e. The Kier molecular flexibility index (Phi) is 7.65. The molecule has 0 radical (unpaired) electrons. The van der Waals surface area contributed by atoms with Gasteiger partial charge in [-0.15, -0.1) is 0 Å². The number of hydrogen-bond donors (Lipinski definition) is 2. The smallest absolute Gasteiger partial charge is 0.269 e. The molecule has 3 aromatic carbocycles. The fourth-order valence-corrected chi connectivity index (χ4v) is 3.09. The fourth-order valence-electron chi connectivity index (χ4n) is 2.89. The van der Waals surface area contributed by atoms with E-state index in [4.69, 9.17) is 16.3 Å². The number of nitro groups is 1. The monoisotopic (exact) mass is 425 g/mol. The molecular formula is C23H24ClN3O3. The van der Waals surface area contributed by atoms with Crippen LogP contribution in [0.4, 0.5) is 11.4 Å². The zero-order valence-corrected chi connectivity index (χ0v) is 17.5. The Bertz CT molecular complexity index is 976. The molecule has 30 heavy (non-hydrogen) atoms. The number of hydrogen-bond acceptors (Lipinski definition) is 5. The lowest BCUT2D eigenvalue weighted by atomic mass is 10.1. The number of rotatable bonds is 10. The molecule has 0 spiro atoms. The maximum Gasteiger partial charge on any atom is 0.269 e. The second-order valence-electron chi connectivity index (χ2n) is 6.93. The molecule has 0 unspecified atom stereocenters. The summed E-state index contributed by atoms with van der Waals surface area (Å²) in [6, 6.07) is 20.3. The first-order chi connectivity index (χ1) is 14.5. The zero-order valence-electron chi connectivity index (χ0n) is 16.7. The van der Waals surface area contributed by atoms with Gasteiger partial charge in [0, 0.05) is 48.0 Å². The van der Waals surface area contributed by atoms with Gasteiger partial charge in [0.15, 0.2) is 0 Å². The van der Waals surface area contributed by atoms with Crippen LogP contribution < -0.4 is 15.4 Å². The minimum absolute atomic E-state index is 0.0813. The molecule has 0 aliphatic carbocycles. The zero-order chi connectivity index (χ0) is 21.3. The first kappa shape index (κ1) is 21.6. The highest BCUT2D eigenvalue weighted by molar-refractivity contribution is 6.30. The van der Waals surface area contributed by atoms with Crippen LogP contribution in [0, 0.1) is 17.0 Å². The number of nitrogens with one attached hydrogen (secondary N) is 2. The van der Waals surface area contributed by atoms with Gasteiger partial charge < -0.3 is 15.4 Å². The van der Waals surface area contributed by atoms with Gasteiger partial charge in [0.05, 0.1) is 4.92 Å². The molecule has 0 fully saturated rings. The molecule has 2 N–H and O–H groups in total. The highest BCUT2D eigenvalue weighted by Crippen LogP contribution is 2.24. The van der Waals surface area contributed by atoms with Crippen molar-refractivity contribution in [2.45, 2.75) is 20.1 Å². The second kappa shape index (κ2) is 10.6. The van der Waals surface area contributed by atoms with Crippen LogP contribution >= 0.6 is 11.6 Å². The maximum atomic E-state index is 10.7. The molecule has 7 heteroatoms. The molecule has 6 nitrogen and oxygen atoms in total. The van der Waals surface area contributed by atoms with Gasteiger partial charge in [-0.1, -0.05) is 41.4 Å². The molecule has 0 aliphatic heterocycles. The van der Waals surface area contributed by atoms with Gasteiger partial charge in [0.1, 0.15) is 12.4 Å². The van der Waals surface area contributed by atoms with Gasteiger partial charge in [-0.25, -0.2) is 0 Å². The van der Waals surface area contributed by atoms with Crippen LogP contribution in [0.15, 0.2) is 66.7 Å². The van der Waals surface area contributed by atoms with Crippen molar-refractivity contribution in [1.29, 1.82) is 0 Å². The summed E-state index contributed by atoms with van der Waals surface area (Å²) >= 11 is 6.16. The first-order valence-electron chi connectivity index (χ1n) is 9.67. The molecule has 0 saturated heterocycles. The van der Waals surface area contributed by atoms with E-state index in [1.807, 2.05) is 18.2 Å². The summed E-state index contributed by atoms with van der Waals surface area (Å²) < 4.78 is 6.01. The maximum absolute atomic E-state index is 10.7. The number of halogens is 1. The summed E-state index contributed by atoms with van der Waals surface area (Å²) in [5.41, 5.74) is 4.24. The topological polar surface area (TPSA) is 76.4 Å². The van der Waals surface area contributed by atoms with E-state index in [2.05, 4.69) is 41.8 Å². The molecular weight excluding hydrogens is 402 g/mol. The van der Waals surface area contributed by atoms with Crippen LogP contribution in [0.3, 0.4) is 0 Å². The number of aryl methyl sites for hydroxylation is 1. The number of nitro benzene ring substituents is 1. The van der Waals surface area contributed by atoms with Crippen molar-refractivity contribution in [3.8, 4) is 5.75 Å². The molecule has 156 valence electrons. The van der Waals surface area contributed by atoms with E-state index in [0.717, 1.165) is 22.6 Å². The molecule has 3 aromatic rings. The van der Waals surface area contributed by atoms with Crippen molar-refractivity contribution < 1.29 is 9.66 Å². The highest BCUT2D eigenvalue weighted by atomic mass is 35.5. The van der Waals surface area contributed by atoms with Crippen molar-refractivity contribution in [3.05, 3.63) is 98.6 Å². The van der Waals surface area contributed by atoms with Crippen molar-refractivity contribution in [1.82, 2.24) is 5.32 Å². The molecule has 3 rings (SSSR count). The lowest BCUT2D eigenvalue weighted by Gasteiger charge is -2.13. The van der Waals surface area contributed by atoms with Crippen LogP contribution in [-0.4, -0.2) is 18.0 Å². The number of non-ortho nitro benzene ring substituents is 1. The normalized spacial score (nSPS) is 10.6. The fraction of sp³-hybridized carbons (Fsp3) is 0.217. The third-order valence-electron chi connectivity index (χ3n) is 4.56. The molecule has 0 aromatic heterocycles. The Labute approximate surface area is 181 Å². The Morgan fingerprint density at radius 3 is 2.43 bits per heavy atom. The van der Waals surface area contributed by atoms with Crippen molar-refractivity contribution in [3.63, 3.8) is 0 Å². The molecule has 0 bridgehead atoms. The van der Waals surface area contributed by atoms with E-state index in [0.29, 0.717) is 31.3 Å². The average Bonchev–Trinajstić information content (AvgIpc) is 2.74. The van der Waals surface area contributed by atoms with Gasteiger partial charge in [0.25, 0.3) is 5.69 Å². The Balaban J connectivity index is 1.47. The standard InChI is InChI=1S/C23H24ClN3O3/c1-17-2-4-18(5-3-17)16-30-23-11-6-20(24)14-19(23)15-25-12-13-26-21-7-9-22(10-8-21)27(28)29/h2-11,14,25-26H,12-13,15-16H2,1H3. The Morgan fingerprint density at radius 2 is 1.73 bits per heavy atom. The number of nitrogens with zero attached hydrogens (tertiary/aromatic N) is 1. The van der Waals surface area contributed by atoms with Crippen LogP contribution in [0.1, 0.15) is 16.7 Å². The minimum atomic E-state index is -0.408. The van der Waals surface area contributed by atoms with Crippen molar-refractivity contribution in [2.75, 3.05) is 18.4 Å². The molecule has 0 amide bonds. The van der Waals surface area contributed by atoms with Crippen LogP contribution in [0.5, 0.6) is 5.75 Å². The van der Waals surface area contributed by atoms with Crippen LogP contribution in [0.25, 0.3) is 0 Å². The summed E-state index contributed by atoms with van der Waals surface area (Å²) in [6.45, 7) is 4.56. The lowest BCUT2D eigenvalue weighted by molar-refractivity contribution is -0.384. The van der Waals surface area contributed by atoms with E-state index in [1.54, 1.807) is 12.1 Å². The number of ether oxygens (including phenoxy) is 1. The largest absolute Gasteiger partial charge is 0.489 e. The Morgan fingerprint density at radius 1 is 1.00 bits per heavy atom. The summed E-state index contributed by atoms with van der Waals surface area (Å²) in [6.07, 6.45) is 0. The van der Waals surface area contributed by atoms with E-state index >= 15 is 0 Å². The lowest BCUT2D eigenvalue weighted by Crippen LogP contribution is -2.22. The van der Waals surface area contributed by atoms with Crippen molar-refractivity contribution in [2.24, 2.45) is 0 Å². The van der Waals surface area contributed by atoms with Gasteiger partial charge in [-0.05, 0) is 42.8 Å². The quantitative estimate of drug-likeness (QED) is 0.260. The molecule has 0 atom stereocenters. The van der Waals surface area contributed by atoms with E-state index < -0.39 is 4.92 Å². The van der Waals surface area contributed by atoms with Crippen molar-refractivity contribution >= 4 is 23.0 Å². The summed E-state index contributed by atoms with van der Waals surface area (Å²) in [5, 5.41) is 18.0. The third-order valence-corrected chi connectivity index (χ3v) is 4.80. The Hall–Kier alpha value is -3.09. The van der Waals surface area contributed by atoms with E-state index in [1.165, 1.54) is 17.7 Å². The first-order valence-corrected chi connectivity index (χ1v) is 10.0. The van der Waals surface area contributed by atoms with Crippen LogP contribution in [-0.2, 0) is 13.2 Å². The van der Waals surface area contributed by atoms with E-state index in [-0.39, 0.29) is 5.69 Å². The number of anilines is 1. The average molecular weight is 426 g/mol. The summed E-state index contributed by atoms with van der Waals surface area (Å²) in [4.78, 5) is 10.3. The highest BCUT2D eigenvalue weighted by Gasteiger charge is 2.06. The SMILES string of the molecule is Cc1ccc(COc2ccc(Cl)cc2CNCCNc2ccc([N+](=O)[O-])cc2)cc1. The third kappa shape index (κ3) is 6.47.